The Labute approximate surface area is 192 Å². The minimum absolute atomic E-state index is 0.0488. The van der Waals surface area contributed by atoms with E-state index in [2.05, 4.69) is 14.7 Å². The Morgan fingerprint density at radius 3 is 2.56 bits per heavy atom. The fraction of sp³-hybridized carbons (Fsp3) is 0.136. The van der Waals surface area contributed by atoms with Gasteiger partial charge in [-0.2, -0.15) is 8.42 Å². The topological polar surface area (TPSA) is 123 Å². The Hall–Kier alpha value is -3.90. The molecule has 12 heteroatoms. The molecule has 0 saturated heterocycles. The molecule has 2 aromatic carbocycles. The molecule has 0 aliphatic rings. The average molecular weight is 488 g/mol. The summed E-state index contributed by atoms with van der Waals surface area (Å²) in [7, 11) is -2.77. The molecule has 0 aliphatic heterocycles. The van der Waals surface area contributed by atoms with Crippen LogP contribution in [-0.2, 0) is 16.6 Å². The van der Waals surface area contributed by atoms with Crippen LogP contribution in [0, 0.1) is 18.6 Å². The van der Waals surface area contributed by atoms with Crippen LogP contribution < -0.4 is 19.8 Å². The lowest BCUT2D eigenvalue weighted by molar-refractivity contribution is 0.410. The zero-order valence-corrected chi connectivity index (χ0v) is 18.7. The summed E-state index contributed by atoms with van der Waals surface area (Å²) in [5.74, 6) is -1.82. The Morgan fingerprint density at radius 1 is 1.12 bits per heavy atom. The highest BCUT2D eigenvalue weighted by atomic mass is 32.2. The van der Waals surface area contributed by atoms with E-state index in [0.717, 1.165) is 6.07 Å². The normalized spacial score (nSPS) is 11.5. The third-order valence-corrected chi connectivity index (χ3v) is 6.07. The maximum absolute atomic E-state index is 15.0. The predicted octanol–water partition coefficient (Wildman–Crippen LogP) is 3.43. The van der Waals surface area contributed by atoms with Gasteiger partial charge in [-0.3, -0.25) is 4.72 Å². The molecule has 2 heterocycles. The van der Waals surface area contributed by atoms with Crippen LogP contribution in [0.25, 0.3) is 11.0 Å². The minimum atomic E-state index is -3.94. The molecule has 176 valence electrons. The standard InChI is InChI=1S/C22H18F2N4O5S/c1-12-14-10-16(23)19(33-22-26-7-4-8-27-22)11-18(14)32-21(29)15(12)9-13-5-3-6-17(20(13)24)28-34(30,31)25-2/h3-8,10-11,25,28H,9H2,1-2H3. The van der Waals surface area contributed by atoms with Gasteiger partial charge >= 0.3 is 11.6 Å². The Balaban J connectivity index is 1.72. The van der Waals surface area contributed by atoms with Gasteiger partial charge in [0, 0.05) is 42.9 Å². The highest BCUT2D eigenvalue weighted by molar-refractivity contribution is 7.90. The third-order valence-electron chi connectivity index (χ3n) is 5.04. The molecule has 2 aromatic heterocycles. The average Bonchev–Trinajstić information content (AvgIpc) is 2.81. The zero-order valence-electron chi connectivity index (χ0n) is 17.9. The summed E-state index contributed by atoms with van der Waals surface area (Å²) in [6.07, 6.45) is 2.65. The smallest absolute Gasteiger partial charge is 0.340 e. The summed E-state index contributed by atoms with van der Waals surface area (Å²) in [4.78, 5) is 20.4. The summed E-state index contributed by atoms with van der Waals surface area (Å²) in [6, 6.07) is 7.95. The molecule has 0 spiro atoms. The fourth-order valence-corrected chi connectivity index (χ4v) is 3.84. The summed E-state index contributed by atoms with van der Waals surface area (Å²) < 4.78 is 67.9. The second-order valence-electron chi connectivity index (χ2n) is 7.17. The van der Waals surface area contributed by atoms with Crippen molar-refractivity contribution in [3.8, 4) is 11.8 Å². The van der Waals surface area contributed by atoms with Crippen molar-refractivity contribution in [2.24, 2.45) is 0 Å². The number of hydrogen-bond donors (Lipinski definition) is 2. The third kappa shape index (κ3) is 4.72. The summed E-state index contributed by atoms with van der Waals surface area (Å²) in [5.41, 5.74) is -0.445. The molecule has 4 rings (SSSR count). The van der Waals surface area contributed by atoms with E-state index in [1.807, 2.05) is 4.72 Å². The van der Waals surface area contributed by atoms with Crippen molar-refractivity contribution >= 4 is 26.9 Å². The molecule has 0 saturated carbocycles. The molecule has 0 aliphatic carbocycles. The van der Waals surface area contributed by atoms with E-state index in [4.69, 9.17) is 9.15 Å². The number of aromatic nitrogens is 2. The van der Waals surface area contributed by atoms with Gasteiger partial charge in [-0.1, -0.05) is 12.1 Å². The second kappa shape index (κ2) is 9.15. The van der Waals surface area contributed by atoms with E-state index in [0.29, 0.717) is 10.9 Å². The van der Waals surface area contributed by atoms with Crippen LogP contribution in [0.3, 0.4) is 0 Å². The van der Waals surface area contributed by atoms with Crippen molar-refractivity contribution in [2.75, 3.05) is 11.8 Å². The van der Waals surface area contributed by atoms with Crippen molar-refractivity contribution in [1.82, 2.24) is 14.7 Å². The lowest BCUT2D eigenvalue weighted by Crippen LogP contribution is -2.27. The van der Waals surface area contributed by atoms with Gasteiger partial charge in [0.25, 0.3) is 10.2 Å². The maximum Gasteiger partial charge on any atom is 0.340 e. The van der Waals surface area contributed by atoms with Crippen molar-refractivity contribution in [3.05, 3.63) is 87.5 Å². The molecule has 0 fully saturated rings. The first-order valence-electron chi connectivity index (χ1n) is 9.88. The van der Waals surface area contributed by atoms with E-state index in [-0.39, 0.29) is 40.6 Å². The first-order valence-corrected chi connectivity index (χ1v) is 11.4. The molecule has 0 bridgehead atoms. The summed E-state index contributed by atoms with van der Waals surface area (Å²) in [6.45, 7) is 1.58. The number of ether oxygens (including phenoxy) is 1. The van der Waals surface area contributed by atoms with Gasteiger partial charge in [0.05, 0.1) is 5.69 Å². The number of benzene rings is 2. The van der Waals surface area contributed by atoms with E-state index < -0.39 is 27.5 Å². The molecular formula is C22H18F2N4O5S. The van der Waals surface area contributed by atoms with Crippen LogP contribution in [0.15, 0.2) is 58.0 Å². The highest BCUT2D eigenvalue weighted by Crippen LogP contribution is 2.30. The maximum atomic E-state index is 15.0. The molecule has 4 aromatic rings. The molecule has 0 amide bonds. The molecule has 2 N–H and O–H groups in total. The Morgan fingerprint density at radius 2 is 1.85 bits per heavy atom. The van der Waals surface area contributed by atoms with Gasteiger partial charge in [0.15, 0.2) is 17.4 Å². The van der Waals surface area contributed by atoms with E-state index >= 15 is 0 Å². The monoisotopic (exact) mass is 488 g/mol. The van der Waals surface area contributed by atoms with Crippen LogP contribution in [0.5, 0.6) is 11.8 Å². The van der Waals surface area contributed by atoms with Crippen LogP contribution in [0.4, 0.5) is 14.5 Å². The number of nitrogens with zero attached hydrogens (tertiary/aromatic N) is 2. The van der Waals surface area contributed by atoms with Gasteiger partial charge in [0.1, 0.15) is 5.58 Å². The quantitative estimate of drug-likeness (QED) is 0.382. The SMILES string of the molecule is CNS(=O)(=O)Nc1cccc(Cc2c(C)c3cc(F)c(Oc4ncccn4)cc3oc2=O)c1F. The Bertz CT molecular complexity index is 1540. The highest BCUT2D eigenvalue weighted by Gasteiger charge is 2.19. The number of fused-ring (bicyclic) bond motifs is 1. The lowest BCUT2D eigenvalue weighted by atomic mass is 9.99. The van der Waals surface area contributed by atoms with Gasteiger partial charge in [-0.05, 0) is 36.2 Å². The molecule has 34 heavy (non-hydrogen) atoms. The summed E-state index contributed by atoms with van der Waals surface area (Å²) in [5, 5.41) is 0.292. The van der Waals surface area contributed by atoms with Gasteiger partial charge in [0.2, 0.25) is 0 Å². The first-order chi connectivity index (χ1) is 16.2. The Kier molecular flexibility index (Phi) is 6.26. The first kappa shape index (κ1) is 23.3. The van der Waals surface area contributed by atoms with Crippen molar-refractivity contribution < 1.29 is 26.4 Å². The molecular weight excluding hydrogens is 470 g/mol. The fourth-order valence-electron chi connectivity index (χ4n) is 3.29. The van der Waals surface area contributed by atoms with E-state index in [1.54, 1.807) is 13.0 Å². The summed E-state index contributed by atoms with van der Waals surface area (Å²) >= 11 is 0. The van der Waals surface area contributed by atoms with Crippen molar-refractivity contribution in [3.63, 3.8) is 0 Å². The predicted molar refractivity (Wildman–Crippen MR) is 120 cm³/mol. The van der Waals surface area contributed by atoms with Gasteiger partial charge in [-0.15, -0.1) is 0 Å². The molecule has 0 radical (unpaired) electrons. The molecule has 9 nitrogen and oxygen atoms in total. The second-order valence-corrected chi connectivity index (χ2v) is 8.79. The number of aryl methyl sites for hydroxylation is 1. The zero-order chi connectivity index (χ0) is 24.5. The number of rotatable bonds is 7. The number of nitrogens with one attached hydrogen (secondary N) is 2. The van der Waals surface area contributed by atoms with Gasteiger partial charge in [-0.25, -0.2) is 28.3 Å². The molecule has 0 atom stereocenters. The number of anilines is 1. The van der Waals surface area contributed by atoms with Crippen LogP contribution in [0.2, 0.25) is 0 Å². The minimum Gasteiger partial charge on any atom is -0.422 e. The number of hydrogen-bond acceptors (Lipinski definition) is 7. The van der Waals surface area contributed by atoms with E-state index in [1.165, 1.54) is 43.7 Å². The van der Waals surface area contributed by atoms with Crippen molar-refractivity contribution in [1.29, 1.82) is 0 Å². The van der Waals surface area contributed by atoms with Crippen LogP contribution in [0.1, 0.15) is 16.7 Å². The van der Waals surface area contributed by atoms with Gasteiger partial charge < -0.3 is 9.15 Å². The van der Waals surface area contributed by atoms with Crippen molar-refractivity contribution in [2.45, 2.75) is 13.3 Å². The number of halogens is 2. The lowest BCUT2D eigenvalue weighted by Gasteiger charge is -2.13. The van der Waals surface area contributed by atoms with Crippen LogP contribution >= 0.6 is 0 Å². The van der Waals surface area contributed by atoms with E-state index in [9.17, 15) is 22.0 Å². The van der Waals surface area contributed by atoms with Crippen LogP contribution in [-0.4, -0.2) is 25.4 Å². The molecule has 0 unspecified atom stereocenters. The largest absolute Gasteiger partial charge is 0.422 e.